The van der Waals surface area contributed by atoms with E-state index in [0.717, 1.165) is 12.8 Å². The number of aliphatic hydroxyl groups is 2. The van der Waals surface area contributed by atoms with E-state index in [1.807, 2.05) is 0 Å². The molecule has 8 heteroatoms. The molecule has 2 atom stereocenters. The Balaban J connectivity index is 0.000000649. The van der Waals surface area contributed by atoms with Crippen molar-refractivity contribution in [2.75, 3.05) is 13.2 Å². The van der Waals surface area contributed by atoms with E-state index in [1.165, 1.54) is 57.1 Å². The van der Waals surface area contributed by atoms with Crippen molar-refractivity contribution in [2.24, 2.45) is 0 Å². The first kappa shape index (κ1) is 27.9. The summed E-state index contributed by atoms with van der Waals surface area (Å²) in [6, 6.07) is 2.66. The van der Waals surface area contributed by atoms with Crippen LogP contribution < -0.4 is 5.63 Å². The standard InChI is InChI=1S/C16H26O3.C5H10O3.H2OS/c1-2-3-4-5-6-7-8-9-10-11-15-14(17)12-13-16(18)19-15;6-4-1-5(7)3-8-2-4;1-2/h12-13,17H,2-11H2,1H3;4-7H,1-3H2;1-2H/t;4-,5?;/m.1./s1. The molecule has 0 spiro atoms. The number of hydrogen-bond acceptors (Lipinski definition) is 8. The first-order chi connectivity index (χ1) is 14.0. The van der Waals surface area contributed by atoms with Crippen LogP contribution in [0, 0.1) is 0 Å². The highest BCUT2D eigenvalue weighted by molar-refractivity contribution is 7.74. The van der Waals surface area contributed by atoms with Crippen molar-refractivity contribution in [1.29, 1.82) is 0 Å². The normalized spacial score (nSPS) is 18.2. The second-order valence-electron chi connectivity index (χ2n) is 7.22. The lowest BCUT2D eigenvalue weighted by Gasteiger charge is -2.21. The van der Waals surface area contributed by atoms with E-state index in [4.69, 9.17) is 23.9 Å². The Morgan fingerprint density at radius 1 is 0.931 bits per heavy atom. The third-order valence-electron chi connectivity index (χ3n) is 4.56. The summed E-state index contributed by atoms with van der Waals surface area (Å²) in [5, 5.41) is 27.1. The van der Waals surface area contributed by atoms with Crippen LogP contribution in [0.5, 0.6) is 5.75 Å². The fourth-order valence-electron chi connectivity index (χ4n) is 3.01. The van der Waals surface area contributed by atoms with E-state index >= 15 is 0 Å². The monoisotopic (exact) mass is 434 g/mol. The van der Waals surface area contributed by atoms with Gasteiger partial charge in [-0.15, -0.1) is 0 Å². The molecule has 1 unspecified atom stereocenters. The van der Waals surface area contributed by atoms with Gasteiger partial charge in [0.2, 0.25) is 0 Å². The molecule has 0 aliphatic carbocycles. The maximum absolute atomic E-state index is 11.0. The number of aliphatic hydroxyl groups excluding tert-OH is 2. The summed E-state index contributed by atoms with van der Waals surface area (Å²) in [4.78, 5) is 11.0. The molecule has 1 aliphatic rings. The summed E-state index contributed by atoms with van der Waals surface area (Å²) in [7, 11) is 0. The van der Waals surface area contributed by atoms with Crippen LogP contribution in [-0.2, 0) is 11.2 Å². The molecule has 0 bridgehead atoms. The van der Waals surface area contributed by atoms with Gasteiger partial charge >= 0.3 is 5.63 Å². The molecule has 1 aliphatic heterocycles. The van der Waals surface area contributed by atoms with E-state index in [2.05, 4.69) is 19.8 Å². The van der Waals surface area contributed by atoms with Gasteiger partial charge in [-0.1, -0.05) is 58.3 Å². The SMILES string of the molecule is CCCCCCCCCCCc1oc(=O)ccc1O.OC1COC[C@H](O)C1.OS. The zero-order valence-electron chi connectivity index (χ0n) is 17.5. The van der Waals surface area contributed by atoms with Gasteiger partial charge in [0.05, 0.1) is 25.4 Å². The molecule has 2 heterocycles. The Morgan fingerprint density at radius 2 is 1.45 bits per heavy atom. The molecule has 0 saturated carbocycles. The number of aromatic hydroxyl groups is 1. The molecule has 0 radical (unpaired) electrons. The first-order valence-electron chi connectivity index (χ1n) is 10.5. The van der Waals surface area contributed by atoms with E-state index in [9.17, 15) is 9.90 Å². The van der Waals surface area contributed by atoms with Gasteiger partial charge in [-0.2, -0.15) is 0 Å². The van der Waals surface area contributed by atoms with Gasteiger partial charge in [-0.05, 0) is 25.4 Å². The zero-order valence-corrected chi connectivity index (χ0v) is 18.4. The minimum absolute atomic E-state index is 0.0964. The molecule has 0 amide bonds. The minimum Gasteiger partial charge on any atom is -0.504 e. The van der Waals surface area contributed by atoms with Crippen LogP contribution in [0.15, 0.2) is 21.3 Å². The Bertz CT molecular complexity index is 542. The molecule has 1 aromatic heterocycles. The summed E-state index contributed by atoms with van der Waals surface area (Å²) >= 11 is 2.53. The molecule has 29 heavy (non-hydrogen) atoms. The quantitative estimate of drug-likeness (QED) is 0.215. The van der Waals surface area contributed by atoms with Crippen LogP contribution in [0.2, 0.25) is 0 Å². The van der Waals surface area contributed by atoms with Gasteiger partial charge in [0.25, 0.3) is 0 Å². The van der Waals surface area contributed by atoms with Crippen molar-refractivity contribution in [3.05, 3.63) is 28.3 Å². The van der Waals surface area contributed by atoms with Crippen molar-refractivity contribution in [1.82, 2.24) is 0 Å². The fourth-order valence-corrected chi connectivity index (χ4v) is 3.01. The van der Waals surface area contributed by atoms with E-state index < -0.39 is 12.2 Å². The highest BCUT2D eigenvalue weighted by Crippen LogP contribution is 2.17. The number of ether oxygens (including phenoxy) is 1. The predicted octanol–water partition coefficient (Wildman–Crippen LogP) is 3.94. The van der Waals surface area contributed by atoms with Crippen molar-refractivity contribution in [3.8, 4) is 5.75 Å². The molecule has 1 fully saturated rings. The molecule has 2 rings (SSSR count). The van der Waals surface area contributed by atoms with Crippen molar-refractivity contribution in [2.45, 2.75) is 89.8 Å². The minimum atomic E-state index is -0.459. The maximum atomic E-state index is 11.0. The molecular weight excluding hydrogens is 396 g/mol. The van der Waals surface area contributed by atoms with Gasteiger partial charge in [0.15, 0.2) is 5.75 Å². The van der Waals surface area contributed by atoms with Gasteiger partial charge in [0.1, 0.15) is 5.76 Å². The molecule has 4 N–H and O–H groups in total. The molecule has 0 aromatic carbocycles. The molecule has 170 valence electrons. The van der Waals surface area contributed by atoms with Crippen LogP contribution in [0.1, 0.15) is 76.9 Å². The lowest BCUT2D eigenvalue weighted by atomic mass is 10.1. The Kier molecular flexibility index (Phi) is 18.2. The second kappa shape index (κ2) is 18.9. The maximum Gasteiger partial charge on any atom is 0.336 e. The van der Waals surface area contributed by atoms with Gasteiger partial charge in [-0.25, -0.2) is 4.79 Å². The Hall–Kier alpha value is -1.06. The van der Waals surface area contributed by atoms with Crippen LogP contribution in [0.4, 0.5) is 0 Å². The molecule has 7 nitrogen and oxygen atoms in total. The lowest BCUT2D eigenvalue weighted by Crippen LogP contribution is -2.32. The average molecular weight is 435 g/mol. The molecular formula is C21H38O7S. The number of aryl methyl sites for hydroxylation is 1. The average Bonchev–Trinajstić information content (AvgIpc) is 2.71. The van der Waals surface area contributed by atoms with Crippen LogP contribution in [0.3, 0.4) is 0 Å². The summed E-state index contributed by atoms with van der Waals surface area (Å²) in [5.74, 6) is 0.523. The third kappa shape index (κ3) is 15.4. The van der Waals surface area contributed by atoms with Crippen LogP contribution >= 0.6 is 12.9 Å². The van der Waals surface area contributed by atoms with Gasteiger partial charge in [0, 0.05) is 18.9 Å². The molecule has 1 saturated heterocycles. The van der Waals surface area contributed by atoms with E-state index in [1.54, 1.807) is 0 Å². The summed E-state index contributed by atoms with van der Waals surface area (Å²) in [5.41, 5.74) is -0.385. The van der Waals surface area contributed by atoms with E-state index in [0.29, 0.717) is 31.8 Å². The van der Waals surface area contributed by atoms with Crippen LogP contribution in [0.25, 0.3) is 0 Å². The van der Waals surface area contributed by atoms with Crippen molar-refractivity contribution in [3.63, 3.8) is 0 Å². The van der Waals surface area contributed by atoms with Crippen molar-refractivity contribution < 1.29 is 29.0 Å². The lowest BCUT2D eigenvalue weighted by molar-refractivity contribution is -0.0714. The predicted molar refractivity (Wildman–Crippen MR) is 117 cm³/mol. The number of thiol groups is 1. The van der Waals surface area contributed by atoms with Gasteiger partial charge in [-0.3, -0.25) is 0 Å². The number of unbranched alkanes of at least 4 members (excludes halogenated alkanes) is 8. The largest absolute Gasteiger partial charge is 0.504 e. The Morgan fingerprint density at radius 3 is 1.93 bits per heavy atom. The van der Waals surface area contributed by atoms with Crippen LogP contribution in [-0.4, -0.2) is 45.3 Å². The third-order valence-corrected chi connectivity index (χ3v) is 4.56. The number of hydrogen-bond donors (Lipinski definition) is 5. The molecule has 1 aromatic rings. The smallest absolute Gasteiger partial charge is 0.336 e. The fraction of sp³-hybridized carbons (Fsp3) is 0.762. The highest BCUT2D eigenvalue weighted by Gasteiger charge is 2.17. The van der Waals surface area contributed by atoms with Gasteiger partial charge < -0.3 is 29.0 Å². The Labute approximate surface area is 179 Å². The second-order valence-corrected chi connectivity index (χ2v) is 7.22. The van der Waals surface area contributed by atoms with Crippen molar-refractivity contribution >= 4 is 12.9 Å². The van der Waals surface area contributed by atoms with E-state index in [-0.39, 0.29) is 11.4 Å². The summed E-state index contributed by atoms with van der Waals surface area (Å²) < 4.78 is 16.5. The first-order valence-corrected chi connectivity index (χ1v) is 10.9. The number of rotatable bonds is 10. The summed E-state index contributed by atoms with van der Waals surface area (Å²) in [6.45, 7) is 2.98. The highest BCUT2D eigenvalue weighted by atomic mass is 32.1. The topological polar surface area (TPSA) is 120 Å². The zero-order chi connectivity index (χ0) is 21.9. The summed E-state index contributed by atoms with van der Waals surface area (Å²) in [6.07, 6.45) is 11.5.